The summed E-state index contributed by atoms with van der Waals surface area (Å²) >= 11 is 1.75. The van der Waals surface area contributed by atoms with Crippen molar-refractivity contribution in [2.24, 2.45) is 5.92 Å². The number of nitrogens with zero attached hydrogens (tertiary/aromatic N) is 2. The van der Waals surface area contributed by atoms with Crippen LogP contribution in [0.3, 0.4) is 0 Å². The van der Waals surface area contributed by atoms with E-state index < -0.39 is 17.4 Å². The number of nitrogens with one attached hydrogen (secondary N) is 1. The largest absolute Gasteiger partial charge is 0.481 e. The number of hydrogen-bond donors (Lipinski definition) is 2. The Morgan fingerprint density at radius 1 is 1.48 bits per heavy atom. The van der Waals surface area contributed by atoms with Crippen molar-refractivity contribution in [2.75, 3.05) is 13.1 Å². The zero-order valence-electron chi connectivity index (χ0n) is 13.6. The standard InChI is InChI=1S/C16H23N3O3S/c1-3-12-13(23-10(2)17-12)9-19-6-4-16(5-7-19)11(15(21)22)8-14(20)18-16/h11H,3-9H2,1-2H3,(H,18,20)(H,21,22). The molecule has 1 atom stereocenters. The molecule has 1 amide bonds. The lowest BCUT2D eigenvalue weighted by Gasteiger charge is -2.41. The molecule has 1 spiro atoms. The van der Waals surface area contributed by atoms with Gasteiger partial charge < -0.3 is 10.4 Å². The first-order chi connectivity index (χ1) is 10.9. The third-order valence-electron chi connectivity index (χ3n) is 5.08. The molecule has 2 N–H and O–H groups in total. The fraction of sp³-hybridized carbons (Fsp3) is 0.688. The Labute approximate surface area is 139 Å². The van der Waals surface area contributed by atoms with E-state index in [1.165, 1.54) is 10.6 Å². The number of piperidine rings is 1. The van der Waals surface area contributed by atoms with Gasteiger partial charge in [-0.15, -0.1) is 11.3 Å². The van der Waals surface area contributed by atoms with Gasteiger partial charge >= 0.3 is 5.97 Å². The molecular weight excluding hydrogens is 314 g/mol. The summed E-state index contributed by atoms with van der Waals surface area (Å²) in [4.78, 5) is 31.4. The Morgan fingerprint density at radius 3 is 2.78 bits per heavy atom. The molecule has 0 radical (unpaired) electrons. The van der Waals surface area contributed by atoms with E-state index in [9.17, 15) is 14.7 Å². The van der Waals surface area contributed by atoms with Crippen molar-refractivity contribution in [3.63, 3.8) is 0 Å². The summed E-state index contributed by atoms with van der Waals surface area (Å²) in [6.07, 6.45) is 2.46. The summed E-state index contributed by atoms with van der Waals surface area (Å²) in [6.45, 7) is 6.64. The molecule has 23 heavy (non-hydrogen) atoms. The van der Waals surface area contributed by atoms with Crippen molar-refractivity contribution in [3.05, 3.63) is 15.6 Å². The van der Waals surface area contributed by atoms with Crippen molar-refractivity contribution < 1.29 is 14.7 Å². The number of carbonyl (C=O) groups is 2. The van der Waals surface area contributed by atoms with E-state index in [2.05, 4.69) is 22.1 Å². The second-order valence-electron chi connectivity index (χ2n) is 6.53. The highest BCUT2D eigenvalue weighted by atomic mass is 32.1. The number of aryl methyl sites for hydroxylation is 2. The number of aromatic nitrogens is 1. The van der Waals surface area contributed by atoms with E-state index in [1.54, 1.807) is 11.3 Å². The predicted molar refractivity (Wildman–Crippen MR) is 87.4 cm³/mol. The minimum Gasteiger partial charge on any atom is -0.481 e. The van der Waals surface area contributed by atoms with Gasteiger partial charge in [-0.1, -0.05) is 6.92 Å². The van der Waals surface area contributed by atoms with E-state index in [4.69, 9.17) is 0 Å². The molecule has 2 fully saturated rings. The van der Waals surface area contributed by atoms with E-state index in [-0.39, 0.29) is 12.3 Å². The Bertz CT molecular complexity index is 620. The molecule has 1 unspecified atom stereocenters. The number of aliphatic carboxylic acids is 1. The highest BCUT2D eigenvalue weighted by Gasteiger charge is 2.51. The van der Waals surface area contributed by atoms with Crippen LogP contribution in [0.25, 0.3) is 0 Å². The monoisotopic (exact) mass is 337 g/mol. The lowest BCUT2D eigenvalue weighted by atomic mass is 9.78. The molecule has 2 aliphatic heterocycles. The van der Waals surface area contributed by atoms with Gasteiger partial charge in [0.1, 0.15) is 0 Å². The number of hydrogen-bond acceptors (Lipinski definition) is 5. The van der Waals surface area contributed by atoms with Crippen LogP contribution in [0.1, 0.15) is 41.8 Å². The van der Waals surface area contributed by atoms with E-state index in [1.807, 2.05) is 6.92 Å². The van der Waals surface area contributed by atoms with Crippen LogP contribution in [0, 0.1) is 12.8 Å². The summed E-state index contributed by atoms with van der Waals surface area (Å²) in [7, 11) is 0. The summed E-state index contributed by atoms with van der Waals surface area (Å²) in [5.41, 5.74) is 0.627. The number of carbonyl (C=O) groups excluding carboxylic acids is 1. The predicted octanol–water partition coefficient (Wildman–Crippen LogP) is 1.57. The van der Waals surface area contributed by atoms with Gasteiger partial charge in [0.15, 0.2) is 0 Å². The molecule has 2 aliphatic rings. The van der Waals surface area contributed by atoms with Crippen LogP contribution in [0.2, 0.25) is 0 Å². The van der Waals surface area contributed by atoms with Gasteiger partial charge in [-0.05, 0) is 26.2 Å². The minimum atomic E-state index is -0.858. The zero-order valence-corrected chi connectivity index (χ0v) is 14.4. The quantitative estimate of drug-likeness (QED) is 0.871. The number of likely N-dealkylation sites (tertiary alicyclic amines) is 1. The van der Waals surface area contributed by atoms with Crippen molar-refractivity contribution in [2.45, 2.75) is 51.6 Å². The lowest BCUT2D eigenvalue weighted by molar-refractivity contribution is -0.144. The van der Waals surface area contributed by atoms with Crippen molar-refractivity contribution in [3.8, 4) is 0 Å². The van der Waals surface area contributed by atoms with Crippen molar-refractivity contribution in [1.82, 2.24) is 15.2 Å². The number of amides is 1. The SMILES string of the molecule is CCc1nc(C)sc1CN1CCC2(CC1)NC(=O)CC2C(=O)O. The molecule has 2 saturated heterocycles. The third-order valence-corrected chi connectivity index (χ3v) is 6.08. The first kappa shape index (κ1) is 16.4. The average Bonchev–Trinajstić information content (AvgIpc) is 3.02. The fourth-order valence-corrected chi connectivity index (χ4v) is 4.89. The van der Waals surface area contributed by atoms with Crippen LogP contribution in [0.15, 0.2) is 0 Å². The molecule has 6 nitrogen and oxygen atoms in total. The molecule has 3 heterocycles. The minimum absolute atomic E-state index is 0.114. The van der Waals surface area contributed by atoms with Gasteiger partial charge in [0.05, 0.1) is 22.2 Å². The summed E-state index contributed by atoms with van der Waals surface area (Å²) in [5, 5.41) is 13.5. The number of carboxylic acid groups (broad SMARTS) is 1. The molecule has 0 bridgehead atoms. The molecule has 3 rings (SSSR count). The number of thiazole rings is 1. The summed E-state index contributed by atoms with van der Waals surface area (Å²) in [6, 6.07) is 0. The molecule has 7 heteroatoms. The molecule has 0 saturated carbocycles. The number of rotatable bonds is 4. The van der Waals surface area contributed by atoms with Gasteiger partial charge in [0.2, 0.25) is 5.91 Å². The Kier molecular flexibility index (Phi) is 4.42. The second kappa shape index (κ2) is 6.20. The number of carboxylic acids is 1. The van der Waals surface area contributed by atoms with Crippen LogP contribution in [-0.4, -0.2) is 45.5 Å². The average molecular weight is 337 g/mol. The van der Waals surface area contributed by atoms with Gasteiger partial charge in [-0.3, -0.25) is 14.5 Å². The van der Waals surface area contributed by atoms with Crippen LogP contribution >= 0.6 is 11.3 Å². The maximum Gasteiger partial charge on any atom is 0.309 e. The molecule has 0 aliphatic carbocycles. The van der Waals surface area contributed by atoms with Crippen molar-refractivity contribution in [1.29, 1.82) is 0 Å². The lowest BCUT2D eigenvalue weighted by Crippen LogP contribution is -2.55. The van der Waals surface area contributed by atoms with Gasteiger partial charge in [0.25, 0.3) is 0 Å². The Hall–Kier alpha value is -1.47. The summed E-state index contributed by atoms with van der Waals surface area (Å²) in [5.74, 6) is -1.57. The molecule has 1 aromatic heterocycles. The van der Waals surface area contributed by atoms with Gasteiger partial charge in [-0.2, -0.15) is 0 Å². The van der Waals surface area contributed by atoms with Crippen LogP contribution in [0.5, 0.6) is 0 Å². The van der Waals surface area contributed by atoms with Crippen LogP contribution in [-0.2, 0) is 22.6 Å². The maximum absolute atomic E-state index is 11.7. The highest BCUT2D eigenvalue weighted by Crippen LogP contribution is 2.37. The molecule has 126 valence electrons. The fourth-order valence-electron chi connectivity index (χ4n) is 3.82. The van der Waals surface area contributed by atoms with Crippen molar-refractivity contribution >= 4 is 23.2 Å². The van der Waals surface area contributed by atoms with E-state index >= 15 is 0 Å². The van der Waals surface area contributed by atoms with E-state index in [0.29, 0.717) is 12.8 Å². The van der Waals surface area contributed by atoms with Crippen LogP contribution in [0.4, 0.5) is 0 Å². The van der Waals surface area contributed by atoms with Gasteiger partial charge in [-0.25, -0.2) is 4.98 Å². The molecule has 0 aromatic carbocycles. The Morgan fingerprint density at radius 2 is 2.17 bits per heavy atom. The summed E-state index contributed by atoms with van der Waals surface area (Å²) < 4.78 is 0. The highest BCUT2D eigenvalue weighted by molar-refractivity contribution is 7.11. The smallest absolute Gasteiger partial charge is 0.309 e. The Balaban J connectivity index is 1.66. The first-order valence-corrected chi connectivity index (χ1v) is 8.96. The zero-order chi connectivity index (χ0) is 16.6. The third kappa shape index (κ3) is 3.12. The normalized spacial score (nSPS) is 24.1. The molecular formula is C16H23N3O3S. The van der Waals surface area contributed by atoms with Gasteiger partial charge in [0, 0.05) is 30.9 Å². The topological polar surface area (TPSA) is 82.5 Å². The second-order valence-corrected chi connectivity index (χ2v) is 7.82. The van der Waals surface area contributed by atoms with E-state index in [0.717, 1.165) is 31.1 Å². The first-order valence-electron chi connectivity index (χ1n) is 8.15. The maximum atomic E-state index is 11.7. The van der Waals surface area contributed by atoms with Crippen LogP contribution < -0.4 is 5.32 Å². The molecule has 1 aromatic rings.